The molecule has 0 bridgehead atoms. The summed E-state index contributed by atoms with van der Waals surface area (Å²) in [5, 5.41) is 11.9. The number of pyridine rings is 1. The largest absolute Gasteiger partial charge is 0.480 e. The first-order valence-electron chi connectivity index (χ1n) is 7.19. The van der Waals surface area contributed by atoms with Gasteiger partial charge in [0.1, 0.15) is 0 Å². The number of amides is 2. The maximum absolute atomic E-state index is 11.4. The van der Waals surface area contributed by atoms with Crippen molar-refractivity contribution in [3.63, 3.8) is 0 Å². The van der Waals surface area contributed by atoms with E-state index in [1.165, 1.54) is 4.90 Å². The van der Waals surface area contributed by atoms with Gasteiger partial charge in [0, 0.05) is 12.6 Å². The molecule has 0 aromatic carbocycles. The normalized spacial score (nSPS) is 22.9. The predicted molar refractivity (Wildman–Crippen MR) is 77.5 cm³/mol. The van der Waals surface area contributed by atoms with E-state index in [9.17, 15) is 14.7 Å². The molecule has 2 aliphatic rings. The topological polar surface area (TPSA) is 118 Å². The Morgan fingerprint density at radius 3 is 2.95 bits per heavy atom. The number of hydrogen-bond donors (Lipinski definition) is 3. The Morgan fingerprint density at radius 1 is 1.50 bits per heavy atom. The van der Waals surface area contributed by atoms with Gasteiger partial charge in [0.15, 0.2) is 18.2 Å². The summed E-state index contributed by atoms with van der Waals surface area (Å²) in [4.78, 5) is 28.3. The molecule has 1 aromatic heterocycles. The van der Waals surface area contributed by atoms with Crippen molar-refractivity contribution in [2.24, 2.45) is 11.7 Å². The summed E-state index contributed by atoms with van der Waals surface area (Å²) in [6.07, 6.45) is 0.893. The first-order valence-corrected chi connectivity index (χ1v) is 7.19. The van der Waals surface area contributed by atoms with Crippen LogP contribution in [0.3, 0.4) is 0 Å². The smallest absolute Gasteiger partial charge is 0.407 e. The van der Waals surface area contributed by atoms with E-state index in [4.69, 9.17) is 10.5 Å². The second-order valence-electron chi connectivity index (χ2n) is 5.65. The van der Waals surface area contributed by atoms with Crippen molar-refractivity contribution in [3.05, 3.63) is 17.8 Å². The molecule has 0 unspecified atom stereocenters. The third-order valence-electron chi connectivity index (χ3n) is 4.09. The van der Waals surface area contributed by atoms with E-state index in [1.807, 2.05) is 0 Å². The number of carbonyl (C=O) groups excluding carboxylic acids is 1. The molecule has 22 heavy (non-hydrogen) atoms. The van der Waals surface area contributed by atoms with E-state index >= 15 is 0 Å². The molecule has 0 radical (unpaired) electrons. The molecule has 1 fully saturated rings. The number of ether oxygens (including phenoxy) is 1. The molecular formula is C14H18N4O4. The van der Waals surface area contributed by atoms with Gasteiger partial charge in [-0.15, -0.1) is 0 Å². The lowest BCUT2D eigenvalue weighted by molar-refractivity contribution is -0.118. The fourth-order valence-electron chi connectivity index (χ4n) is 2.60. The molecule has 8 nitrogen and oxygen atoms in total. The molecule has 0 spiro atoms. The Labute approximate surface area is 127 Å². The Morgan fingerprint density at radius 2 is 2.32 bits per heavy atom. The summed E-state index contributed by atoms with van der Waals surface area (Å²) < 4.78 is 5.23. The number of fused-ring (bicyclic) bond motifs is 1. The number of carbonyl (C=O) groups is 2. The highest BCUT2D eigenvalue weighted by molar-refractivity contribution is 5.94. The van der Waals surface area contributed by atoms with E-state index in [0.717, 1.165) is 12.8 Å². The monoisotopic (exact) mass is 306 g/mol. The molecule has 1 aromatic rings. The van der Waals surface area contributed by atoms with Gasteiger partial charge in [0.2, 0.25) is 0 Å². The minimum absolute atomic E-state index is 0.0329. The first-order chi connectivity index (χ1) is 10.5. The quantitative estimate of drug-likeness (QED) is 0.751. The van der Waals surface area contributed by atoms with Gasteiger partial charge in [-0.2, -0.15) is 0 Å². The summed E-state index contributed by atoms with van der Waals surface area (Å²) in [5.74, 6) is 0.759. The van der Waals surface area contributed by atoms with E-state index in [-0.39, 0.29) is 31.0 Å². The van der Waals surface area contributed by atoms with Crippen molar-refractivity contribution in [2.45, 2.75) is 25.4 Å². The van der Waals surface area contributed by atoms with Crippen LogP contribution in [0.2, 0.25) is 0 Å². The third kappa shape index (κ3) is 2.96. The zero-order valence-corrected chi connectivity index (χ0v) is 12.0. The van der Waals surface area contributed by atoms with Crippen LogP contribution in [0.5, 0.6) is 5.75 Å². The first kappa shape index (κ1) is 14.6. The molecule has 3 rings (SSSR count). The van der Waals surface area contributed by atoms with Crippen LogP contribution in [0.1, 0.15) is 18.5 Å². The van der Waals surface area contributed by atoms with Crippen LogP contribution in [0.15, 0.2) is 12.1 Å². The fourth-order valence-corrected chi connectivity index (χ4v) is 2.60. The molecule has 2 amide bonds. The molecule has 1 saturated carbocycles. The van der Waals surface area contributed by atoms with Crippen molar-refractivity contribution < 1.29 is 19.4 Å². The average Bonchev–Trinajstić information content (AvgIpc) is 2.49. The summed E-state index contributed by atoms with van der Waals surface area (Å²) in [6, 6.07) is 3.46. The number of nitrogens with one attached hydrogen (secondary N) is 1. The Kier molecular flexibility index (Phi) is 3.84. The molecule has 1 aliphatic carbocycles. The van der Waals surface area contributed by atoms with Crippen LogP contribution in [0.25, 0.3) is 0 Å². The molecular weight excluding hydrogens is 288 g/mol. The second kappa shape index (κ2) is 5.80. The zero-order chi connectivity index (χ0) is 15.7. The molecule has 2 atom stereocenters. The summed E-state index contributed by atoms with van der Waals surface area (Å²) in [7, 11) is 0. The highest BCUT2D eigenvalue weighted by atomic mass is 16.5. The maximum atomic E-state index is 11.4. The van der Waals surface area contributed by atoms with Crippen LogP contribution < -0.4 is 15.8 Å². The van der Waals surface area contributed by atoms with Crippen LogP contribution in [-0.2, 0) is 11.3 Å². The molecule has 1 aliphatic heterocycles. The van der Waals surface area contributed by atoms with Gasteiger partial charge in [-0.25, -0.2) is 9.78 Å². The van der Waals surface area contributed by atoms with Crippen LogP contribution in [0, 0.1) is 5.92 Å². The van der Waals surface area contributed by atoms with Crippen LogP contribution in [0.4, 0.5) is 10.6 Å². The second-order valence-corrected chi connectivity index (χ2v) is 5.65. The summed E-state index contributed by atoms with van der Waals surface area (Å²) in [6.45, 7) is 0.522. The number of aromatic nitrogens is 1. The van der Waals surface area contributed by atoms with E-state index < -0.39 is 6.09 Å². The molecule has 0 saturated heterocycles. The van der Waals surface area contributed by atoms with Gasteiger partial charge < -0.3 is 25.8 Å². The summed E-state index contributed by atoms with van der Waals surface area (Å²) >= 11 is 0. The lowest BCUT2D eigenvalue weighted by Gasteiger charge is -2.36. The van der Waals surface area contributed by atoms with Crippen molar-refractivity contribution >= 4 is 17.8 Å². The minimum atomic E-state index is -1.00. The molecule has 8 heteroatoms. The Balaban J connectivity index is 1.71. The molecule has 118 valence electrons. The van der Waals surface area contributed by atoms with E-state index in [2.05, 4.69) is 10.3 Å². The van der Waals surface area contributed by atoms with E-state index in [1.54, 1.807) is 12.1 Å². The highest BCUT2D eigenvalue weighted by Crippen LogP contribution is 2.28. The van der Waals surface area contributed by atoms with Gasteiger partial charge >= 0.3 is 6.09 Å². The molecule has 2 heterocycles. The highest BCUT2D eigenvalue weighted by Gasteiger charge is 2.31. The Hall–Kier alpha value is -2.35. The van der Waals surface area contributed by atoms with Crippen molar-refractivity contribution in [1.82, 2.24) is 9.88 Å². The van der Waals surface area contributed by atoms with Crippen molar-refractivity contribution in [3.8, 4) is 5.75 Å². The number of nitrogens with zero attached hydrogens (tertiary/aromatic N) is 2. The lowest BCUT2D eigenvalue weighted by atomic mass is 9.80. The minimum Gasteiger partial charge on any atom is -0.480 e. The fraction of sp³-hybridized carbons (Fsp3) is 0.500. The van der Waals surface area contributed by atoms with Crippen molar-refractivity contribution in [1.29, 1.82) is 0 Å². The Bertz CT molecular complexity index is 607. The number of carboxylic acid groups (broad SMARTS) is 1. The third-order valence-corrected chi connectivity index (χ3v) is 4.09. The lowest BCUT2D eigenvalue weighted by Crippen LogP contribution is -2.47. The van der Waals surface area contributed by atoms with E-state index in [0.29, 0.717) is 23.8 Å². The standard InChI is InChI=1S/C14H18N4O4/c15-10-3-1-8(10)5-18(14(20)21)6-9-2-4-11-13(16-9)17-12(19)7-22-11/h2,4,8,10H,1,3,5-7,15H2,(H,20,21)(H,16,17,19)/t8-,10+/m1/s1. The van der Waals surface area contributed by atoms with Gasteiger partial charge in [-0.05, 0) is 30.9 Å². The van der Waals surface area contributed by atoms with Gasteiger partial charge in [-0.1, -0.05) is 0 Å². The van der Waals surface area contributed by atoms with Gasteiger partial charge in [-0.3, -0.25) is 4.79 Å². The SMILES string of the molecule is N[C@H]1CC[C@@H]1CN(Cc1ccc2c(n1)NC(=O)CO2)C(=O)O. The van der Waals surface area contributed by atoms with Gasteiger partial charge in [0.05, 0.1) is 12.2 Å². The number of anilines is 1. The predicted octanol–water partition coefficient (Wildman–Crippen LogP) is 0.630. The van der Waals surface area contributed by atoms with Crippen LogP contribution >= 0.6 is 0 Å². The average molecular weight is 306 g/mol. The summed E-state index contributed by atoms with van der Waals surface area (Å²) in [5.41, 5.74) is 6.43. The number of rotatable bonds is 4. The van der Waals surface area contributed by atoms with Gasteiger partial charge in [0.25, 0.3) is 5.91 Å². The van der Waals surface area contributed by atoms with Crippen molar-refractivity contribution in [2.75, 3.05) is 18.5 Å². The number of hydrogen-bond acceptors (Lipinski definition) is 5. The molecule has 4 N–H and O–H groups in total. The van der Waals surface area contributed by atoms with Crippen LogP contribution in [-0.4, -0.2) is 46.2 Å². The number of nitrogens with two attached hydrogens (primary N) is 1. The zero-order valence-electron chi connectivity index (χ0n) is 12.0. The maximum Gasteiger partial charge on any atom is 0.407 e.